The average Bonchev–Trinajstić information content (AvgIpc) is 2.46. The quantitative estimate of drug-likeness (QED) is 0.577. The highest BCUT2D eigenvalue weighted by molar-refractivity contribution is 14.1. The van der Waals surface area contributed by atoms with Crippen molar-refractivity contribution in [2.45, 2.75) is 0 Å². The fourth-order valence-corrected chi connectivity index (χ4v) is 3.03. The molecule has 0 radical (unpaired) electrons. The van der Waals surface area contributed by atoms with Gasteiger partial charge in [0.2, 0.25) is 0 Å². The second-order valence-corrected chi connectivity index (χ2v) is 5.51. The largest absolute Gasteiger partial charge is 0.495 e. The number of ether oxygens (including phenoxy) is 1. The number of hydrogen-bond donors (Lipinski definition) is 0. The molecule has 0 aromatic heterocycles. The van der Waals surface area contributed by atoms with Crippen molar-refractivity contribution >= 4 is 33.4 Å². The lowest BCUT2D eigenvalue weighted by Gasteiger charge is -2.13. The van der Waals surface area contributed by atoms with E-state index in [0.29, 0.717) is 0 Å². The van der Waals surface area contributed by atoms with Crippen LogP contribution in [0.25, 0.3) is 21.9 Å². The molecule has 0 fully saturated rings. The fourth-order valence-electron chi connectivity index (χ4n) is 2.35. The van der Waals surface area contributed by atoms with E-state index in [4.69, 9.17) is 4.74 Å². The Labute approximate surface area is 126 Å². The molecule has 1 nitrogen and oxygen atoms in total. The number of methoxy groups -OCH3 is 1. The summed E-state index contributed by atoms with van der Waals surface area (Å²) >= 11 is 2.37. The van der Waals surface area contributed by atoms with Crippen molar-refractivity contribution in [1.82, 2.24) is 0 Å². The van der Waals surface area contributed by atoms with E-state index in [1.54, 1.807) is 7.11 Å². The van der Waals surface area contributed by atoms with Crippen LogP contribution >= 0.6 is 22.6 Å². The Morgan fingerprint density at radius 1 is 0.789 bits per heavy atom. The zero-order valence-electron chi connectivity index (χ0n) is 10.6. The molecule has 0 aliphatic rings. The van der Waals surface area contributed by atoms with Crippen LogP contribution < -0.4 is 4.74 Å². The first-order chi connectivity index (χ1) is 9.31. The van der Waals surface area contributed by atoms with Crippen molar-refractivity contribution in [3.05, 3.63) is 64.2 Å². The predicted molar refractivity (Wildman–Crippen MR) is 88.7 cm³/mol. The number of fused-ring (bicyclic) bond motifs is 1. The zero-order chi connectivity index (χ0) is 13.2. The molecule has 2 heteroatoms. The monoisotopic (exact) mass is 360 g/mol. The van der Waals surface area contributed by atoms with E-state index >= 15 is 0 Å². The van der Waals surface area contributed by atoms with Crippen LogP contribution in [0.4, 0.5) is 0 Å². The van der Waals surface area contributed by atoms with E-state index in [0.717, 1.165) is 16.7 Å². The van der Waals surface area contributed by atoms with E-state index in [-0.39, 0.29) is 0 Å². The maximum atomic E-state index is 5.66. The molecule has 94 valence electrons. The third-order valence-corrected chi connectivity index (χ3v) is 4.19. The van der Waals surface area contributed by atoms with Crippen molar-refractivity contribution < 1.29 is 4.74 Å². The third kappa shape index (κ3) is 2.21. The molecule has 0 spiro atoms. The molecule has 0 heterocycles. The second-order valence-electron chi connectivity index (χ2n) is 4.35. The topological polar surface area (TPSA) is 9.23 Å². The van der Waals surface area contributed by atoms with Gasteiger partial charge in [0.25, 0.3) is 0 Å². The molecule has 0 unspecified atom stereocenters. The van der Waals surface area contributed by atoms with Gasteiger partial charge in [0.1, 0.15) is 5.75 Å². The summed E-state index contributed by atoms with van der Waals surface area (Å²) in [6.07, 6.45) is 0. The van der Waals surface area contributed by atoms with Gasteiger partial charge in [0.05, 0.1) is 7.11 Å². The van der Waals surface area contributed by atoms with Crippen LogP contribution in [0, 0.1) is 3.57 Å². The Kier molecular flexibility index (Phi) is 3.42. The molecule has 0 amide bonds. The van der Waals surface area contributed by atoms with Crippen LogP contribution in [0.1, 0.15) is 0 Å². The van der Waals surface area contributed by atoms with Crippen LogP contribution in [0.15, 0.2) is 60.7 Å². The first-order valence-corrected chi connectivity index (χ1v) is 7.20. The summed E-state index contributed by atoms with van der Waals surface area (Å²) in [6, 6.07) is 21.0. The lowest BCUT2D eigenvalue weighted by Crippen LogP contribution is -1.91. The minimum absolute atomic E-state index is 0.946. The molecular weight excluding hydrogens is 347 g/mol. The Hall–Kier alpha value is -1.55. The summed E-state index contributed by atoms with van der Waals surface area (Å²) in [5, 5.41) is 2.36. The third-order valence-electron chi connectivity index (χ3n) is 3.25. The van der Waals surface area contributed by atoms with E-state index in [1.807, 2.05) is 12.1 Å². The molecule has 3 rings (SSSR count). The molecule has 0 saturated carbocycles. The van der Waals surface area contributed by atoms with Crippen molar-refractivity contribution in [2.24, 2.45) is 0 Å². The zero-order valence-corrected chi connectivity index (χ0v) is 12.7. The van der Waals surface area contributed by atoms with Gasteiger partial charge in [-0.3, -0.25) is 0 Å². The molecule has 3 aromatic carbocycles. The lowest BCUT2D eigenvalue weighted by atomic mass is 10.00. The molecule has 0 atom stereocenters. The SMILES string of the molecule is COc1c(-c2ccccc2I)ccc2ccccc12. The Balaban J connectivity index is 2.33. The summed E-state index contributed by atoms with van der Waals surface area (Å²) < 4.78 is 6.89. The number of halogens is 1. The minimum atomic E-state index is 0.946. The van der Waals surface area contributed by atoms with Crippen LogP contribution in [0.3, 0.4) is 0 Å². The first-order valence-electron chi connectivity index (χ1n) is 6.12. The molecule has 0 N–H and O–H groups in total. The van der Waals surface area contributed by atoms with E-state index in [9.17, 15) is 0 Å². The normalized spacial score (nSPS) is 10.6. The van der Waals surface area contributed by atoms with Crippen molar-refractivity contribution in [3.8, 4) is 16.9 Å². The Bertz CT molecular complexity index is 734. The molecule has 0 aliphatic carbocycles. The van der Waals surface area contributed by atoms with Gasteiger partial charge in [-0.15, -0.1) is 0 Å². The number of benzene rings is 3. The van der Waals surface area contributed by atoms with Crippen LogP contribution in [-0.4, -0.2) is 7.11 Å². The maximum absolute atomic E-state index is 5.66. The molecular formula is C17H13IO. The second kappa shape index (κ2) is 5.21. The van der Waals surface area contributed by atoms with Crippen LogP contribution in [0.5, 0.6) is 5.75 Å². The van der Waals surface area contributed by atoms with Gasteiger partial charge in [0.15, 0.2) is 0 Å². The highest BCUT2D eigenvalue weighted by Gasteiger charge is 2.11. The van der Waals surface area contributed by atoms with Gasteiger partial charge in [-0.05, 0) is 45.7 Å². The smallest absolute Gasteiger partial charge is 0.134 e. The highest BCUT2D eigenvalue weighted by Crippen LogP contribution is 2.38. The van der Waals surface area contributed by atoms with Gasteiger partial charge in [-0.25, -0.2) is 0 Å². The predicted octanol–water partition coefficient (Wildman–Crippen LogP) is 5.12. The number of hydrogen-bond acceptors (Lipinski definition) is 1. The highest BCUT2D eigenvalue weighted by atomic mass is 127. The van der Waals surface area contributed by atoms with Gasteiger partial charge < -0.3 is 4.74 Å². The van der Waals surface area contributed by atoms with Crippen molar-refractivity contribution in [3.63, 3.8) is 0 Å². The van der Waals surface area contributed by atoms with Gasteiger partial charge in [-0.2, -0.15) is 0 Å². The molecule has 0 bridgehead atoms. The summed E-state index contributed by atoms with van der Waals surface area (Å²) in [6.45, 7) is 0. The molecule has 0 aliphatic heterocycles. The molecule has 3 aromatic rings. The van der Waals surface area contributed by atoms with Gasteiger partial charge >= 0.3 is 0 Å². The van der Waals surface area contributed by atoms with E-state index in [1.165, 1.54) is 14.5 Å². The fraction of sp³-hybridized carbons (Fsp3) is 0.0588. The van der Waals surface area contributed by atoms with Gasteiger partial charge in [-0.1, -0.05) is 48.5 Å². The summed E-state index contributed by atoms with van der Waals surface area (Å²) in [5.74, 6) is 0.946. The van der Waals surface area contributed by atoms with E-state index in [2.05, 4.69) is 71.1 Å². The van der Waals surface area contributed by atoms with Crippen LogP contribution in [-0.2, 0) is 0 Å². The number of rotatable bonds is 2. The summed E-state index contributed by atoms with van der Waals surface area (Å²) in [5.41, 5.74) is 2.36. The standard InChI is InChI=1S/C17H13IO/c1-19-17-13-7-3-2-6-12(13)10-11-15(17)14-8-4-5-9-16(14)18/h2-11H,1H3. The molecule has 0 saturated heterocycles. The Morgan fingerprint density at radius 2 is 1.53 bits per heavy atom. The summed E-state index contributed by atoms with van der Waals surface area (Å²) in [7, 11) is 1.74. The van der Waals surface area contributed by atoms with E-state index < -0.39 is 0 Å². The minimum Gasteiger partial charge on any atom is -0.495 e. The summed E-state index contributed by atoms with van der Waals surface area (Å²) in [4.78, 5) is 0. The Morgan fingerprint density at radius 3 is 2.32 bits per heavy atom. The van der Waals surface area contributed by atoms with Crippen molar-refractivity contribution in [1.29, 1.82) is 0 Å². The van der Waals surface area contributed by atoms with Gasteiger partial charge in [0, 0.05) is 14.5 Å². The average molecular weight is 360 g/mol. The molecule has 19 heavy (non-hydrogen) atoms. The first kappa shape index (κ1) is 12.5. The van der Waals surface area contributed by atoms with Crippen molar-refractivity contribution in [2.75, 3.05) is 7.11 Å². The maximum Gasteiger partial charge on any atom is 0.134 e. The lowest BCUT2D eigenvalue weighted by molar-refractivity contribution is 0.421. The van der Waals surface area contributed by atoms with Crippen LogP contribution in [0.2, 0.25) is 0 Å².